The maximum absolute atomic E-state index is 13.3. The molecule has 0 aliphatic carbocycles. The van der Waals surface area contributed by atoms with Crippen LogP contribution in [0.1, 0.15) is 34.0 Å². The number of benzene rings is 2. The number of amides is 1. The van der Waals surface area contributed by atoms with E-state index in [2.05, 4.69) is 6.07 Å². The number of carbonyl (C=O) groups is 1. The second kappa shape index (κ2) is 8.01. The van der Waals surface area contributed by atoms with Crippen LogP contribution < -0.4 is 10.3 Å². The molecule has 6 heteroatoms. The summed E-state index contributed by atoms with van der Waals surface area (Å²) in [6.45, 7) is 1.84. The van der Waals surface area contributed by atoms with Gasteiger partial charge in [0.25, 0.3) is 11.5 Å². The van der Waals surface area contributed by atoms with Crippen molar-refractivity contribution >= 4 is 5.91 Å². The van der Waals surface area contributed by atoms with Crippen molar-refractivity contribution in [3.8, 4) is 22.9 Å². The number of aromatic nitrogens is 1. The van der Waals surface area contributed by atoms with Gasteiger partial charge in [0.05, 0.1) is 18.7 Å². The molecule has 2 unspecified atom stereocenters. The normalized spacial score (nSPS) is 19.1. The molecule has 2 aliphatic heterocycles. The second-order valence-electron chi connectivity index (χ2n) is 8.51. The van der Waals surface area contributed by atoms with E-state index in [-0.39, 0.29) is 23.3 Å². The second-order valence-corrected chi connectivity index (χ2v) is 8.51. The predicted octanol–water partition coefficient (Wildman–Crippen LogP) is 3.66. The van der Waals surface area contributed by atoms with Crippen LogP contribution in [-0.4, -0.2) is 35.6 Å². The number of piperidine rings is 1. The van der Waals surface area contributed by atoms with Crippen molar-refractivity contribution in [1.82, 2.24) is 9.47 Å². The number of fused-ring (bicyclic) bond motifs is 4. The molecule has 1 saturated heterocycles. The van der Waals surface area contributed by atoms with Crippen LogP contribution in [0.2, 0.25) is 0 Å². The number of nitriles is 1. The molecule has 1 amide bonds. The van der Waals surface area contributed by atoms with Gasteiger partial charge in [0.2, 0.25) is 0 Å². The van der Waals surface area contributed by atoms with Crippen molar-refractivity contribution in [3.05, 3.63) is 87.8 Å². The van der Waals surface area contributed by atoms with E-state index in [1.54, 1.807) is 31.4 Å². The van der Waals surface area contributed by atoms with Crippen LogP contribution in [0.5, 0.6) is 5.75 Å². The fourth-order valence-corrected chi connectivity index (χ4v) is 4.97. The number of hydrogen-bond donors (Lipinski definition) is 0. The number of nitrogens with zero attached hydrogens (tertiary/aromatic N) is 3. The molecule has 2 bridgehead atoms. The van der Waals surface area contributed by atoms with Crippen molar-refractivity contribution in [3.63, 3.8) is 0 Å². The number of hydrogen-bond acceptors (Lipinski definition) is 4. The maximum atomic E-state index is 13.3. The first-order chi connectivity index (χ1) is 15.6. The SMILES string of the molecule is COc1ccc(-c2ccc3n(c2=O)CC2CC3CN(C(=O)c3ccc(C#N)cc3)C2)cc1. The number of carbonyl (C=O) groups excluding carboxylic acids is 1. The molecule has 2 atom stereocenters. The summed E-state index contributed by atoms with van der Waals surface area (Å²) >= 11 is 0. The minimum Gasteiger partial charge on any atom is -0.497 e. The zero-order valence-electron chi connectivity index (χ0n) is 17.8. The Bertz CT molecular complexity index is 1270. The highest BCUT2D eigenvalue weighted by molar-refractivity contribution is 5.94. The van der Waals surface area contributed by atoms with Crippen LogP contribution in [0.25, 0.3) is 11.1 Å². The predicted molar refractivity (Wildman–Crippen MR) is 121 cm³/mol. The van der Waals surface area contributed by atoms with Crippen molar-refractivity contribution in [2.45, 2.75) is 18.9 Å². The van der Waals surface area contributed by atoms with Gasteiger partial charge in [0.15, 0.2) is 0 Å². The van der Waals surface area contributed by atoms with Crippen molar-refractivity contribution in [2.24, 2.45) is 5.92 Å². The van der Waals surface area contributed by atoms with E-state index >= 15 is 0 Å². The zero-order chi connectivity index (χ0) is 22.2. The molecule has 0 saturated carbocycles. The lowest BCUT2D eigenvalue weighted by Gasteiger charge is -2.43. The van der Waals surface area contributed by atoms with Crippen molar-refractivity contribution in [2.75, 3.05) is 20.2 Å². The number of likely N-dealkylation sites (tertiary alicyclic amines) is 1. The maximum Gasteiger partial charge on any atom is 0.258 e. The number of ether oxygens (including phenoxy) is 1. The molecule has 1 aromatic heterocycles. The Morgan fingerprint density at radius 2 is 1.75 bits per heavy atom. The molecular weight excluding hydrogens is 402 g/mol. The molecule has 32 heavy (non-hydrogen) atoms. The summed E-state index contributed by atoms with van der Waals surface area (Å²) in [5.74, 6) is 1.12. The fraction of sp³-hybridized carbons (Fsp3) is 0.269. The highest BCUT2D eigenvalue weighted by atomic mass is 16.5. The van der Waals surface area contributed by atoms with Gasteiger partial charge in [0, 0.05) is 42.4 Å². The van der Waals surface area contributed by atoms with Gasteiger partial charge < -0.3 is 14.2 Å². The van der Waals surface area contributed by atoms with E-state index in [9.17, 15) is 9.59 Å². The summed E-state index contributed by atoms with van der Waals surface area (Å²) in [6.07, 6.45) is 0.985. The Hall–Kier alpha value is -3.85. The average molecular weight is 425 g/mol. The molecule has 0 spiro atoms. The van der Waals surface area contributed by atoms with Gasteiger partial charge in [-0.15, -0.1) is 0 Å². The van der Waals surface area contributed by atoms with Gasteiger partial charge in [-0.3, -0.25) is 9.59 Å². The lowest BCUT2D eigenvalue weighted by molar-refractivity contribution is 0.0594. The smallest absolute Gasteiger partial charge is 0.258 e. The number of rotatable bonds is 3. The standard InChI is InChI=1S/C26H23N3O3/c1-32-22-8-6-19(7-9-22)23-10-11-24-21-12-18(15-29(24)26(23)31)14-28(16-21)25(30)20-4-2-17(13-27)3-5-20/h2-11,18,21H,12,14-16H2,1H3. The zero-order valence-corrected chi connectivity index (χ0v) is 17.8. The van der Waals surface area contributed by atoms with E-state index in [0.717, 1.165) is 23.4 Å². The lowest BCUT2D eigenvalue weighted by Crippen LogP contribution is -2.49. The Labute approximate surface area is 186 Å². The number of methoxy groups -OCH3 is 1. The summed E-state index contributed by atoms with van der Waals surface area (Å²) in [4.78, 5) is 28.3. The minimum absolute atomic E-state index is 0.0187. The summed E-state index contributed by atoms with van der Waals surface area (Å²) in [5.41, 5.74) is 3.71. The molecule has 0 N–H and O–H groups in total. The van der Waals surface area contributed by atoms with Crippen LogP contribution in [0, 0.1) is 17.2 Å². The summed E-state index contributed by atoms with van der Waals surface area (Å²) < 4.78 is 7.12. The summed E-state index contributed by atoms with van der Waals surface area (Å²) in [7, 11) is 1.62. The molecule has 5 rings (SSSR count). The first kappa shape index (κ1) is 20.1. The molecule has 160 valence electrons. The molecule has 6 nitrogen and oxygen atoms in total. The van der Waals surface area contributed by atoms with E-state index in [1.165, 1.54) is 0 Å². The summed E-state index contributed by atoms with van der Waals surface area (Å²) in [6, 6.07) is 20.3. The Balaban J connectivity index is 1.42. The van der Waals surface area contributed by atoms with Crippen LogP contribution in [0.3, 0.4) is 0 Å². The molecule has 1 fully saturated rings. The summed E-state index contributed by atoms with van der Waals surface area (Å²) in [5, 5.41) is 8.98. The highest BCUT2D eigenvalue weighted by Gasteiger charge is 2.37. The molecule has 0 radical (unpaired) electrons. The quantitative estimate of drug-likeness (QED) is 0.642. The lowest BCUT2D eigenvalue weighted by atomic mass is 9.82. The molecule has 2 aromatic carbocycles. The monoisotopic (exact) mass is 425 g/mol. The van der Waals surface area contributed by atoms with Gasteiger partial charge >= 0.3 is 0 Å². The van der Waals surface area contributed by atoms with Gasteiger partial charge in [-0.2, -0.15) is 5.26 Å². The average Bonchev–Trinajstić information content (AvgIpc) is 2.84. The van der Waals surface area contributed by atoms with Gasteiger partial charge in [0.1, 0.15) is 5.75 Å². The first-order valence-corrected chi connectivity index (χ1v) is 10.7. The van der Waals surface area contributed by atoms with E-state index in [4.69, 9.17) is 10.00 Å². The van der Waals surface area contributed by atoms with E-state index in [0.29, 0.717) is 36.3 Å². The van der Waals surface area contributed by atoms with Crippen molar-refractivity contribution < 1.29 is 9.53 Å². The molecule has 3 heterocycles. The molecule has 2 aliphatic rings. The third-order valence-electron chi connectivity index (χ3n) is 6.55. The van der Waals surface area contributed by atoms with Gasteiger partial charge in [-0.1, -0.05) is 12.1 Å². The van der Waals surface area contributed by atoms with Crippen LogP contribution in [0.4, 0.5) is 0 Å². The topological polar surface area (TPSA) is 75.3 Å². The van der Waals surface area contributed by atoms with E-state index in [1.807, 2.05) is 45.9 Å². The molecular formula is C26H23N3O3. The third-order valence-corrected chi connectivity index (χ3v) is 6.55. The van der Waals surface area contributed by atoms with Crippen LogP contribution in [0.15, 0.2) is 65.5 Å². The third kappa shape index (κ3) is 3.46. The Morgan fingerprint density at radius 1 is 1.00 bits per heavy atom. The fourth-order valence-electron chi connectivity index (χ4n) is 4.97. The highest BCUT2D eigenvalue weighted by Crippen LogP contribution is 2.36. The van der Waals surface area contributed by atoms with Crippen LogP contribution in [-0.2, 0) is 6.54 Å². The van der Waals surface area contributed by atoms with Crippen LogP contribution >= 0.6 is 0 Å². The Kier molecular flexibility index (Phi) is 5.02. The van der Waals surface area contributed by atoms with Gasteiger partial charge in [-0.25, -0.2) is 0 Å². The number of pyridine rings is 1. The minimum atomic E-state index is -0.0187. The molecule has 3 aromatic rings. The Morgan fingerprint density at radius 3 is 2.44 bits per heavy atom. The van der Waals surface area contributed by atoms with Gasteiger partial charge in [-0.05, 0) is 66.4 Å². The largest absolute Gasteiger partial charge is 0.497 e. The first-order valence-electron chi connectivity index (χ1n) is 10.7. The van der Waals surface area contributed by atoms with E-state index < -0.39 is 0 Å². The van der Waals surface area contributed by atoms with Crippen molar-refractivity contribution in [1.29, 1.82) is 5.26 Å².